The van der Waals surface area contributed by atoms with Crippen molar-refractivity contribution >= 4 is 47.9 Å². The minimum Gasteiger partial charge on any atom is -0.284 e. The molecule has 2 nitrogen and oxygen atoms in total. The Hall–Kier alpha value is -1.16. The summed E-state index contributed by atoms with van der Waals surface area (Å²) in [5.41, 5.74) is 3.60. The standard InChI is InChI=1S/C18H20N2S.2ClH/c1-2-5-16-8-9-17(21-16)12-14-6-4-11-20-18(14)15-7-3-10-19-13-15;;/h3,7-10,12-13H,2,4-6,11H2,1H3;2*1H. The molecule has 0 spiro atoms. The average Bonchev–Trinajstić information content (AvgIpc) is 2.96. The van der Waals surface area contributed by atoms with Crippen molar-refractivity contribution in [3.8, 4) is 0 Å². The molecule has 23 heavy (non-hydrogen) atoms. The second-order valence-electron chi connectivity index (χ2n) is 5.30. The molecule has 5 heteroatoms. The van der Waals surface area contributed by atoms with Crippen LogP contribution in [0.5, 0.6) is 0 Å². The van der Waals surface area contributed by atoms with Gasteiger partial charge in [-0.25, -0.2) is 0 Å². The highest BCUT2D eigenvalue weighted by molar-refractivity contribution is 7.12. The lowest BCUT2D eigenvalue weighted by atomic mass is 9.96. The largest absolute Gasteiger partial charge is 0.284 e. The van der Waals surface area contributed by atoms with E-state index in [-0.39, 0.29) is 24.8 Å². The highest BCUT2D eigenvalue weighted by atomic mass is 35.5. The van der Waals surface area contributed by atoms with Gasteiger partial charge in [-0.3, -0.25) is 9.98 Å². The Bertz CT molecular complexity index is 663. The summed E-state index contributed by atoms with van der Waals surface area (Å²) >= 11 is 1.90. The molecule has 0 bridgehead atoms. The molecule has 0 unspecified atom stereocenters. The van der Waals surface area contributed by atoms with Gasteiger partial charge >= 0.3 is 0 Å². The van der Waals surface area contributed by atoms with E-state index in [2.05, 4.69) is 36.2 Å². The van der Waals surface area contributed by atoms with Crippen LogP contribution in [0, 0.1) is 0 Å². The Morgan fingerprint density at radius 3 is 2.83 bits per heavy atom. The van der Waals surface area contributed by atoms with Gasteiger partial charge in [-0.2, -0.15) is 0 Å². The van der Waals surface area contributed by atoms with Crippen molar-refractivity contribution in [1.82, 2.24) is 4.98 Å². The van der Waals surface area contributed by atoms with Gasteiger partial charge in [0.05, 0.1) is 5.71 Å². The maximum absolute atomic E-state index is 4.73. The number of aliphatic imine (C=N–C) groups is 1. The second-order valence-corrected chi connectivity index (χ2v) is 6.50. The second kappa shape index (κ2) is 9.86. The van der Waals surface area contributed by atoms with Gasteiger partial charge in [-0.15, -0.1) is 36.2 Å². The predicted molar refractivity (Wildman–Crippen MR) is 106 cm³/mol. The van der Waals surface area contributed by atoms with Crippen LogP contribution < -0.4 is 0 Å². The van der Waals surface area contributed by atoms with Crippen LogP contribution in [0.3, 0.4) is 0 Å². The van der Waals surface area contributed by atoms with Gasteiger partial charge in [0, 0.05) is 34.3 Å². The molecule has 0 atom stereocenters. The molecular weight excluding hydrogens is 347 g/mol. The highest BCUT2D eigenvalue weighted by Crippen LogP contribution is 2.25. The number of hydrogen-bond donors (Lipinski definition) is 0. The third kappa shape index (κ3) is 5.17. The third-order valence-electron chi connectivity index (χ3n) is 3.61. The zero-order valence-electron chi connectivity index (χ0n) is 13.2. The zero-order chi connectivity index (χ0) is 14.5. The Labute approximate surface area is 154 Å². The monoisotopic (exact) mass is 368 g/mol. The first-order valence-corrected chi connectivity index (χ1v) is 8.43. The van der Waals surface area contributed by atoms with Crippen molar-refractivity contribution < 1.29 is 0 Å². The minimum absolute atomic E-state index is 0. The van der Waals surface area contributed by atoms with E-state index in [4.69, 9.17) is 4.99 Å². The first kappa shape index (κ1) is 19.9. The van der Waals surface area contributed by atoms with Crippen molar-refractivity contribution in [2.75, 3.05) is 6.54 Å². The van der Waals surface area contributed by atoms with Gasteiger partial charge in [-0.1, -0.05) is 13.3 Å². The normalized spacial score (nSPS) is 15.5. The highest BCUT2D eigenvalue weighted by Gasteiger charge is 2.14. The lowest BCUT2D eigenvalue weighted by Crippen LogP contribution is -2.11. The number of rotatable bonds is 4. The fourth-order valence-electron chi connectivity index (χ4n) is 2.62. The van der Waals surface area contributed by atoms with Crippen LogP contribution in [-0.2, 0) is 6.42 Å². The van der Waals surface area contributed by atoms with Gasteiger partial charge in [0.2, 0.25) is 0 Å². The summed E-state index contributed by atoms with van der Waals surface area (Å²) in [6.07, 6.45) is 10.7. The van der Waals surface area contributed by atoms with E-state index in [1.807, 2.05) is 29.8 Å². The number of allylic oxidation sites excluding steroid dienone is 1. The first-order valence-electron chi connectivity index (χ1n) is 7.61. The lowest BCUT2D eigenvalue weighted by molar-refractivity contribution is 0.818. The molecule has 0 amide bonds. The van der Waals surface area contributed by atoms with E-state index < -0.39 is 0 Å². The average molecular weight is 369 g/mol. The molecule has 0 saturated carbocycles. The molecule has 124 valence electrons. The number of hydrogen-bond acceptors (Lipinski definition) is 3. The van der Waals surface area contributed by atoms with E-state index >= 15 is 0 Å². The minimum atomic E-state index is 0. The van der Waals surface area contributed by atoms with Gasteiger partial charge in [0.15, 0.2) is 0 Å². The molecule has 0 aromatic carbocycles. The van der Waals surface area contributed by atoms with E-state index in [0.29, 0.717) is 0 Å². The molecule has 0 saturated heterocycles. The Morgan fingerprint density at radius 1 is 1.22 bits per heavy atom. The Balaban J connectivity index is 0.00000132. The number of aromatic nitrogens is 1. The van der Waals surface area contributed by atoms with Crippen molar-refractivity contribution in [1.29, 1.82) is 0 Å². The Morgan fingerprint density at radius 2 is 2.09 bits per heavy atom. The topological polar surface area (TPSA) is 25.2 Å². The maximum atomic E-state index is 4.73. The predicted octanol–water partition coefficient (Wildman–Crippen LogP) is 5.61. The molecule has 1 aliphatic heterocycles. The van der Waals surface area contributed by atoms with Crippen LogP contribution in [0.4, 0.5) is 0 Å². The molecule has 2 aromatic heterocycles. The summed E-state index contributed by atoms with van der Waals surface area (Å²) in [5, 5.41) is 0. The van der Waals surface area contributed by atoms with Crippen molar-refractivity contribution in [2.24, 2.45) is 4.99 Å². The van der Waals surface area contributed by atoms with Crippen LogP contribution in [-0.4, -0.2) is 17.2 Å². The molecule has 3 rings (SSSR count). The number of pyridine rings is 1. The van der Waals surface area contributed by atoms with Crippen LogP contribution in [0.1, 0.15) is 41.5 Å². The van der Waals surface area contributed by atoms with Crippen molar-refractivity contribution in [2.45, 2.75) is 32.6 Å². The fraction of sp³-hybridized carbons (Fsp3) is 0.333. The van der Waals surface area contributed by atoms with E-state index in [0.717, 1.165) is 30.7 Å². The summed E-state index contributed by atoms with van der Waals surface area (Å²) in [5.74, 6) is 0. The Kier molecular flexibility index (Phi) is 8.53. The summed E-state index contributed by atoms with van der Waals surface area (Å²) < 4.78 is 0. The van der Waals surface area contributed by atoms with E-state index in [1.54, 1.807) is 0 Å². The molecule has 2 aromatic rings. The maximum Gasteiger partial charge on any atom is 0.0694 e. The molecular formula is C18H22Cl2N2S. The lowest BCUT2D eigenvalue weighted by Gasteiger charge is -2.15. The van der Waals surface area contributed by atoms with Crippen molar-refractivity contribution in [3.63, 3.8) is 0 Å². The molecule has 0 fully saturated rings. The summed E-state index contributed by atoms with van der Waals surface area (Å²) in [7, 11) is 0. The number of thiophene rings is 1. The summed E-state index contributed by atoms with van der Waals surface area (Å²) in [6.45, 7) is 3.15. The molecule has 0 aliphatic carbocycles. The van der Waals surface area contributed by atoms with Crippen molar-refractivity contribution in [3.05, 3.63) is 57.6 Å². The molecule has 1 aliphatic rings. The molecule has 3 heterocycles. The fourth-order valence-corrected chi connectivity index (χ4v) is 3.71. The number of aryl methyl sites for hydroxylation is 1. The molecule has 0 N–H and O–H groups in total. The first-order chi connectivity index (χ1) is 10.4. The quantitative estimate of drug-likeness (QED) is 0.688. The van der Waals surface area contributed by atoms with E-state index in [9.17, 15) is 0 Å². The van der Waals surface area contributed by atoms with Gasteiger partial charge < -0.3 is 0 Å². The number of nitrogens with zero attached hydrogens (tertiary/aromatic N) is 2. The SMILES string of the molecule is CCCc1ccc(C=C2CCCN=C2c2cccnc2)s1.Cl.Cl. The number of halogens is 2. The molecule has 0 radical (unpaired) electrons. The van der Waals surface area contributed by atoms with Gasteiger partial charge in [0.25, 0.3) is 0 Å². The van der Waals surface area contributed by atoms with Crippen LogP contribution in [0.25, 0.3) is 6.08 Å². The smallest absolute Gasteiger partial charge is 0.0694 e. The zero-order valence-corrected chi connectivity index (χ0v) is 15.6. The van der Waals surface area contributed by atoms with Crippen LogP contribution in [0.15, 0.2) is 47.2 Å². The van der Waals surface area contributed by atoms with E-state index in [1.165, 1.54) is 28.2 Å². The van der Waals surface area contributed by atoms with Gasteiger partial charge in [0.1, 0.15) is 0 Å². The summed E-state index contributed by atoms with van der Waals surface area (Å²) in [4.78, 5) is 11.8. The van der Waals surface area contributed by atoms with Crippen LogP contribution in [0.2, 0.25) is 0 Å². The third-order valence-corrected chi connectivity index (χ3v) is 4.70. The van der Waals surface area contributed by atoms with Crippen LogP contribution >= 0.6 is 36.2 Å². The summed E-state index contributed by atoms with van der Waals surface area (Å²) in [6, 6.07) is 8.57. The van der Waals surface area contributed by atoms with Gasteiger partial charge in [-0.05, 0) is 55.2 Å².